The molecule has 1 rings (SSSR count). The van der Waals surface area contributed by atoms with E-state index >= 15 is 0 Å². The topological polar surface area (TPSA) is 46.1 Å². The summed E-state index contributed by atoms with van der Waals surface area (Å²) in [4.78, 5) is 0. The minimum Gasteiger partial charge on any atom is -0.475 e. The zero-order valence-electron chi connectivity index (χ0n) is 6.66. The van der Waals surface area contributed by atoms with Gasteiger partial charge in [0.15, 0.2) is 0 Å². The van der Waals surface area contributed by atoms with Crippen LogP contribution in [0.4, 0.5) is 4.48 Å². The third kappa shape index (κ3) is 2.75. The molecule has 1 aliphatic heterocycles. The first-order chi connectivity index (χ1) is 5.83. The van der Waals surface area contributed by atoms with E-state index in [4.69, 9.17) is 9.47 Å². The SMILES string of the molecule is COCCOC1=CC=NN(F)N1. The maximum Gasteiger partial charge on any atom is 0.210 e. The molecule has 0 spiro atoms. The summed E-state index contributed by atoms with van der Waals surface area (Å²) in [7, 11) is 1.56. The molecular formula is C6H10FN3O2. The van der Waals surface area contributed by atoms with Crippen molar-refractivity contribution in [2.45, 2.75) is 0 Å². The van der Waals surface area contributed by atoms with Gasteiger partial charge in [-0.15, -0.1) is 5.10 Å². The molecule has 0 aromatic carbocycles. The predicted octanol–water partition coefficient (Wildman–Crippen LogP) is 0.181. The Bertz CT molecular complexity index is 195. The highest BCUT2D eigenvalue weighted by molar-refractivity contribution is 5.71. The van der Waals surface area contributed by atoms with Gasteiger partial charge in [0.25, 0.3) is 0 Å². The van der Waals surface area contributed by atoms with Gasteiger partial charge in [0.2, 0.25) is 5.88 Å². The Balaban J connectivity index is 2.23. The number of halogens is 1. The van der Waals surface area contributed by atoms with Gasteiger partial charge in [-0.3, -0.25) is 0 Å². The first-order valence-corrected chi connectivity index (χ1v) is 3.41. The lowest BCUT2D eigenvalue weighted by Gasteiger charge is -2.16. The number of hydrogen-bond donors (Lipinski definition) is 1. The standard InChI is InChI=1S/C6H10FN3O2/c1-11-4-5-12-6-2-3-8-10(7)9-6/h2-3,9H,4-5H2,1H3. The van der Waals surface area contributed by atoms with E-state index in [9.17, 15) is 4.48 Å². The van der Waals surface area contributed by atoms with Crippen LogP contribution in [-0.2, 0) is 9.47 Å². The quantitative estimate of drug-likeness (QED) is 0.489. The fourth-order valence-electron chi connectivity index (χ4n) is 0.632. The van der Waals surface area contributed by atoms with Crippen molar-refractivity contribution in [2.24, 2.45) is 5.10 Å². The lowest BCUT2D eigenvalue weighted by Crippen LogP contribution is -2.30. The Kier molecular flexibility index (Phi) is 3.34. The number of ether oxygens (including phenoxy) is 2. The second-order valence-electron chi connectivity index (χ2n) is 2.01. The van der Waals surface area contributed by atoms with Gasteiger partial charge in [0.1, 0.15) is 6.61 Å². The van der Waals surface area contributed by atoms with Gasteiger partial charge >= 0.3 is 0 Å². The van der Waals surface area contributed by atoms with Crippen molar-refractivity contribution in [3.8, 4) is 0 Å². The Hall–Kier alpha value is -1.30. The van der Waals surface area contributed by atoms with Crippen molar-refractivity contribution in [3.63, 3.8) is 0 Å². The van der Waals surface area contributed by atoms with Crippen LogP contribution in [0.1, 0.15) is 0 Å². The molecule has 0 aromatic heterocycles. The summed E-state index contributed by atoms with van der Waals surface area (Å²) >= 11 is 0. The Morgan fingerprint density at radius 1 is 1.67 bits per heavy atom. The lowest BCUT2D eigenvalue weighted by molar-refractivity contribution is -0.0457. The van der Waals surface area contributed by atoms with Gasteiger partial charge in [-0.2, -0.15) is 0 Å². The minimum absolute atomic E-state index is 0.0716. The molecule has 0 bridgehead atoms. The van der Waals surface area contributed by atoms with Gasteiger partial charge < -0.3 is 9.47 Å². The highest BCUT2D eigenvalue weighted by Crippen LogP contribution is 1.99. The number of hydrazone groups is 1. The zero-order chi connectivity index (χ0) is 8.81. The average molecular weight is 175 g/mol. The minimum atomic E-state index is 0.0716. The van der Waals surface area contributed by atoms with Crippen molar-refractivity contribution in [2.75, 3.05) is 20.3 Å². The summed E-state index contributed by atoms with van der Waals surface area (Å²) in [5, 5.41) is 3.32. The molecular weight excluding hydrogens is 165 g/mol. The molecule has 1 heterocycles. The van der Waals surface area contributed by atoms with Crippen LogP contribution in [0.3, 0.4) is 0 Å². The molecule has 0 aliphatic carbocycles. The van der Waals surface area contributed by atoms with Crippen LogP contribution in [0, 0.1) is 0 Å². The van der Waals surface area contributed by atoms with Crippen molar-refractivity contribution < 1.29 is 14.0 Å². The molecule has 5 nitrogen and oxygen atoms in total. The first-order valence-electron chi connectivity index (χ1n) is 3.41. The van der Waals surface area contributed by atoms with Crippen molar-refractivity contribution in [1.82, 2.24) is 10.8 Å². The Labute approximate surface area is 69.3 Å². The fraction of sp³-hybridized carbons (Fsp3) is 0.500. The number of hydrazine groups is 1. The normalized spacial score (nSPS) is 15.5. The number of rotatable bonds is 4. The van der Waals surface area contributed by atoms with Crippen molar-refractivity contribution in [3.05, 3.63) is 12.0 Å². The van der Waals surface area contributed by atoms with Crippen LogP contribution >= 0.6 is 0 Å². The van der Waals surface area contributed by atoms with Crippen molar-refractivity contribution >= 4 is 6.21 Å². The summed E-state index contributed by atoms with van der Waals surface area (Å²) in [6.07, 6.45) is 2.81. The van der Waals surface area contributed by atoms with Crippen LogP contribution in [0.5, 0.6) is 0 Å². The van der Waals surface area contributed by atoms with E-state index in [1.165, 1.54) is 12.3 Å². The van der Waals surface area contributed by atoms with Gasteiger partial charge in [-0.05, 0) is 5.34 Å². The third-order valence-electron chi connectivity index (χ3n) is 1.14. The molecule has 0 amide bonds. The molecule has 1 aliphatic rings. The summed E-state index contributed by atoms with van der Waals surface area (Å²) in [5.74, 6) is 0.310. The van der Waals surface area contributed by atoms with E-state index in [1.807, 2.05) is 0 Å². The molecule has 6 heteroatoms. The molecule has 12 heavy (non-hydrogen) atoms. The van der Waals surface area contributed by atoms with E-state index in [-0.39, 0.29) is 5.34 Å². The average Bonchev–Trinajstić information content (AvgIpc) is 2.05. The first kappa shape index (κ1) is 8.79. The van der Waals surface area contributed by atoms with E-state index in [0.29, 0.717) is 19.1 Å². The molecule has 1 N–H and O–H groups in total. The maximum absolute atomic E-state index is 12.3. The number of hydrogen-bond acceptors (Lipinski definition) is 5. The molecule has 68 valence electrons. The van der Waals surface area contributed by atoms with E-state index in [1.54, 1.807) is 7.11 Å². The van der Waals surface area contributed by atoms with Gasteiger partial charge in [0, 0.05) is 13.2 Å². The number of methoxy groups -OCH3 is 1. The number of nitrogens with zero attached hydrogens (tertiary/aromatic N) is 2. The number of allylic oxidation sites excluding steroid dienone is 1. The van der Waals surface area contributed by atoms with Crippen LogP contribution in [0.2, 0.25) is 0 Å². The Morgan fingerprint density at radius 2 is 2.50 bits per heavy atom. The summed E-state index contributed by atoms with van der Waals surface area (Å²) in [5.41, 5.74) is 2.23. The second-order valence-corrected chi connectivity index (χ2v) is 2.01. The second kappa shape index (κ2) is 4.55. The highest BCUT2D eigenvalue weighted by atomic mass is 19.2. The molecule has 0 saturated carbocycles. The van der Waals surface area contributed by atoms with Gasteiger partial charge in [0.05, 0.1) is 12.8 Å². The van der Waals surface area contributed by atoms with Gasteiger partial charge in [-0.1, -0.05) is 4.48 Å². The smallest absolute Gasteiger partial charge is 0.210 e. The van der Waals surface area contributed by atoms with Crippen LogP contribution < -0.4 is 5.43 Å². The summed E-state index contributed by atoms with van der Waals surface area (Å²) < 4.78 is 22.1. The summed E-state index contributed by atoms with van der Waals surface area (Å²) in [6, 6.07) is 0. The monoisotopic (exact) mass is 175 g/mol. The molecule has 0 radical (unpaired) electrons. The largest absolute Gasteiger partial charge is 0.475 e. The van der Waals surface area contributed by atoms with E-state index in [0.717, 1.165) is 0 Å². The maximum atomic E-state index is 12.3. The van der Waals surface area contributed by atoms with Crippen molar-refractivity contribution in [1.29, 1.82) is 0 Å². The van der Waals surface area contributed by atoms with Crippen LogP contribution in [0.15, 0.2) is 17.1 Å². The highest BCUT2D eigenvalue weighted by Gasteiger charge is 2.05. The van der Waals surface area contributed by atoms with E-state index in [2.05, 4.69) is 10.5 Å². The molecule has 0 atom stereocenters. The predicted molar refractivity (Wildman–Crippen MR) is 40.5 cm³/mol. The number of nitrogens with one attached hydrogen (secondary N) is 1. The fourth-order valence-corrected chi connectivity index (χ4v) is 0.632. The molecule has 0 saturated heterocycles. The lowest BCUT2D eigenvalue weighted by atomic mass is 10.6. The van der Waals surface area contributed by atoms with Crippen LogP contribution in [0.25, 0.3) is 0 Å². The Morgan fingerprint density at radius 3 is 3.17 bits per heavy atom. The van der Waals surface area contributed by atoms with Crippen LogP contribution in [-0.4, -0.2) is 31.9 Å². The summed E-state index contributed by atoms with van der Waals surface area (Å²) in [6.45, 7) is 0.833. The van der Waals surface area contributed by atoms with Gasteiger partial charge in [-0.25, -0.2) is 5.43 Å². The third-order valence-corrected chi connectivity index (χ3v) is 1.14. The van der Waals surface area contributed by atoms with E-state index < -0.39 is 0 Å². The molecule has 0 aromatic rings. The molecule has 0 fully saturated rings. The molecule has 0 unspecified atom stereocenters. The zero-order valence-corrected chi connectivity index (χ0v) is 6.66.